The van der Waals surface area contributed by atoms with Crippen molar-refractivity contribution >= 4 is 11.6 Å². The molecule has 2 nitrogen and oxygen atoms in total. The summed E-state index contributed by atoms with van der Waals surface area (Å²) in [6, 6.07) is 0. The first-order valence-corrected chi connectivity index (χ1v) is 4.34. The molecule has 0 fully saturated rings. The molecule has 12 heavy (non-hydrogen) atoms. The van der Waals surface area contributed by atoms with Gasteiger partial charge in [0.05, 0.1) is 0 Å². The van der Waals surface area contributed by atoms with Gasteiger partial charge in [-0.15, -0.1) is 0 Å². The molecule has 0 saturated heterocycles. The third kappa shape index (κ3) is 1.81. The second kappa shape index (κ2) is 3.65. The number of carbonyl (C=O) groups excluding carboxylic acids is 2. The maximum atomic E-state index is 11.3. The van der Waals surface area contributed by atoms with Crippen molar-refractivity contribution < 1.29 is 9.59 Å². The van der Waals surface area contributed by atoms with Crippen molar-refractivity contribution in [1.82, 2.24) is 0 Å². The van der Waals surface area contributed by atoms with Gasteiger partial charge in [0.1, 0.15) is 0 Å². The lowest BCUT2D eigenvalue weighted by atomic mass is 9.81. The van der Waals surface area contributed by atoms with Gasteiger partial charge in [-0.05, 0) is 18.8 Å². The first-order valence-electron chi connectivity index (χ1n) is 4.34. The molecule has 0 spiro atoms. The fraction of sp³-hybridized carbons (Fsp3) is 0.600. The molecule has 0 saturated carbocycles. The molecule has 2 atom stereocenters. The van der Waals surface area contributed by atoms with Gasteiger partial charge in [-0.25, -0.2) is 0 Å². The van der Waals surface area contributed by atoms with E-state index < -0.39 is 0 Å². The minimum Gasteiger partial charge on any atom is -0.291 e. The molecule has 0 bridgehead atoms. The van der Waals surface area contributed by atoms with Gasteiger partial charge < -0.3 is 0 Å². The van der Waals surface area contributed by atoms with Crippen molar-refractivity contribution in [2.45, 2.75) is 26.7 Å². The molecule has 2 heteroatoms. The van der Waals surface area contributed by atoms with Crippen LogP contribution in [0.15, 0.2) is 12.2 Å². The molecule has 0 N–H and O–H groups in total. The Hall–Kier alpha value is -0.920. The first-order chi connectivity index (χ1) is 5.63. The fourth-order valence-electron chi connectivity index (χ4n) is 1.61. The van der Waals surface area contributed by atoms with Gasteiger partial charge in [0.2, 0.25) is 5.78 Å². The van der Waals surface area contributed by atoms with Crippen LogP contribution in [-0.4, -0.2) is 11.6 Å². The van der Waals surface area contributed by atoms with E-state index in [0.717, 1.165) is 12.8 Å². The van der Waals surface area contributed by atoms with E-state index in [1.54, 1.807) is 0 Å². The van der Waals surface area contributed by atoms with E-state index in [4.69, 9.17) is 0 Å². The van der Waals surface area contributed by atoms with Crippen LogP contribution in [0.2, 0.25) is 0 Å². The van der Waals surface area contributed by atoms with E-state index in [-0.39, 0.29) is 23.4 Å². The SMILES string of the molecule is CC(=O)C(=O)C1CCC=CC1C. The molecule has 2 unspecified atom stereocenters. The number of hydrogen-bond acceptors (Lipinski definition) is 2. The first kappa shape index (κ1) is 9.17. The summed E-state index contributed by atoms with van der Waals surface area (Å²) >= 11 is 0. The zero-order chi connectivity index (χ0) is 9.14. The van der Waals surface area contributed by atoms with Gasteiger partial charge in [-0.3, -0.25) is 9.59 Å². The summed E-state index contributed by atoms with van der Waals surface area (Å²) in [5.74, 6) is -0.336. The van der Waals surface area contributed by atoms with Crippen LogP contribution in [0.4, 0.5) is 0 Å². The maximum Gasteiger partial charge on any atom is 0.201 e. The standard InChI is InChI=1S/C10H14O2/c1-7-5-3-4-6-9(7)10(12)8(2)11/h3,5,7,9H,4,6H2,1-2H3. The molecule has 0 aromatic rings. The van der Waals surface area contributed by atoms with Gasteiger partial charge in [-0.2, -0.15) is 0 Å². The van der Waals surface area contributed by atoms with Gasteiger partial charge in [0.25, 0.3) is 0 Å². The second-order valence-corrected chi connectivity index (χ2v) is 3.39. The molecular formula is C10H14O2. The van der Waals surface area contributed by atoms with E-state index in [2.05, 4.69) is 6.08 Å². The fourth-order valence-corrected chi connectivity index (χ4v) is 1.61. The Labute approximate surface area is 72.7 Å². The van der Waals surface area contributed by atoms with Gasteiger partial charge in [0.15, 0.2) is 5.78 Å². The molecule has 0 aromatic carbocycles. The minimum absolute atomic E-state index is 0.0625. The summed E-state index contributed by atoms with van der Waals surface area (Å²) in [6.07, 6.45) is 5.85. The monoisotopic (exact) mass is 166 g/mol. The number of ketones is 2. The Morgan fingerprint density at radius 2 is 2.08 bits per heavy atom. The molecular weight excluding hydrogens is 152 g/mol. The third-order valence-electron chi connectivity index (χ3n) is 2.40. The average Bonchev–Trinajstić information content (AvgIpc) is 2.04. The lowest BCUT2D eigenvalue weighted by molar-refractivity contribution is -0.138. The topological polar surface area (TPSA) is 34.1 Å². The predicted octanol–water partition coefficient (Wildman–Crippen LogP) is 1.75. The zero-order valence-electron chi connectivity index (χ0n) is 7.54. The quantitative estimate of drug-likeness (QED) is 0.462. The van der Waals surface area contributed by atoms with Crippen LogP contribution in [0.25, 0.3) is 0 Å². The summed E-state index contributed by atoms with van der Waals surface area (Å²) in [5, 5.41) is 0. The van der Waals surface area contributed by atoms with Crippen molar-refractivity contribution in [3.8, 4) is 0 Å². The molecule has 0 radical (unpaired) electrons. The molecule has 1 aliphatic rings. The van der Waals surface area contributed by atoms with Crippen LogP contribution in [0.5, 0.6) is 0 Å². The number of Topliss-reactive ketones (excluding diaryl/α,β-unsaturated/α-hetero) is 2. The Balaban J connectivity index is 2.69. The summed E-state index contributed by atoms with van der Waals surface area (Å²) in [7, 11) is 0. The molecule has 0 aromatic heterocycles. The Morgan fingerprint density at radius 1 is 1.42 bits per heavy atom. The van der Waals surface area contributed by atoms with Crippen LogP contribution in [-0.2, 0) is 9.59 Å². The molecule has 1 rings (SSSR count). The van der Waals surface area contributed by atoms with Crippen molar-refractivity contribution in [2.75, 3.05) is 0 Å². The lowest BCUT2D eigenvalue weighted by Gasteiger charge is -2.21. The summed E-state index contributed by atoms with van der Waals surface area (Å²) in [5.41, 5.74) is 0. The van der Waals surface area contributed by atoms with E-state index in [1.807, 2.05) is 13.0 Å². The molecule has 0 aliphatic heterocycles. The molecule has 66 valence electrons. The Bertz CT molecular complexity index is 228. The van der Waals surface area contributed by atoms with Crippen LogP contribution in [0, 0.1) is 11.8 Å². The van der Waals surface area contributed by atoms with Crippen molar-refractivity contribution in [3.05, 3.63) is 12.2 Å². The van der Waals surface area contributed by atoms with Crippen LogP contribution < -0.4 is 0 Å². The lowest BCUT2D eigenvalue weighted by Crippen LogP contribution is -2.27. The Morgan fingerprint density at radius 3 is 2.58 bits per heavy atom. The van der Waals surface area contributed by atoms with E-state index in [9.17, 15) is 9.59 Å². The Kier molecular flexibility index (Phi) is 2.79. The minimum atomic E-state index is -0.304. The van der Waals surface area contributed by atoms with Gasteiger partial charge in [0, 0.05) is 12.8 Å². The highest BCUT2D eigenvalue weighted by Crippen LogP contribution is 2.25. The highest BCUT2D eigenvalue weighted by molar-refractivity contribution is 6.37. The number of rotatable bonds is 2. The molecule has 0 heterocycles. The zero-order valence-corrected chi connectivity index (χ0v) is 7.54. The van der Waals surface area contributed by atoms with Crippen molar-refractivity contribution in [3.63, 3.8) is 0 Å². The maximum absolute atomic E-state index is 11.3. The smallest absolute Gasteiger partial charge is 0.201 e. The highest BCUT2D eigenvalue weighted by Gasteiger charge is 2.27. The van der Waals surface area contributed by atoms with Crippen LogP contribution in [0.3, 0.4) is 0 Å². The second-order valence-electron chi connectivity index (χ2n) is 3.39. The summed E-state index contributed by atoms with van der Waals surface area (Å²) < 4.78 is 0. The van der Waals surface area contributed by atoms with E-state index in [0.29, 0.717) is 0 Å². The van der Waals surface area contributed by atoms with Crippen molar-refractivity contribution in [2.24, 2.45) is 11.8 Å². The van der Waals surface area contributed by atoms with Gasteiger partial charge >= 0.3 is 0 Å². The normalized spacial score (nSPS) is 28.5. The highest BCUT2D eigenvalue weighted by atomic mass is 16.2. The largest absolute Gasteiger partial charge is 0.291 e. The average molecular weight is 166 g/mol. The third-order valence-corrected chi connectivity index (χ3v) is 2.40. The van der Waals surface area contributed by atoms with Crippen LogP contribution >= 0.6 is 0 Å². The van der Waals surface area contributed by atoms with Crippen LogP contribution in [0.1, 0.15) is 26.7 Å². The van der Waals surface area contributed by atoms with E-state index >= 15 is 0 Å². The predicted molar refractivity (Wildman–Crippen MR) is 46.7 cm³/mol. The number of carbonyl (C=O) groups is 2. The molecule has 0 amide bonds. The van der Waals surface area contributed by atoms with E-state index in [1.165, 1.54) is 6.92 Å². The number of hydrogen-bond donors (Lipinski definition) is 0. The summed E-state index contributed by atoms with van der Waals surface area (Å²) in [6.45, 7) is 3.34. The van der Waals surface area contributed by atoms with Crippen molar-refractivity contribution in [1.29, 1.82) is 0 Å². The molecule has 1 aliphatic carbocycles. The number of allylic oxidation sites excluding steroid dienone is 2. The summed E-state index contributed by atoms with van der Waals surface area (Å²) in [4.78, 5) is 22.1. The van der Waals surface area contributed by atoms with Gasteiger partial charge in [-0.1, -0.05) is 19.1 Å².